The Kier molecular flexibility index (Phi) is 4.42. The number of fused-ring (bicyclic) bond motifs is 2. The normalized spacial score (nSPS) is 13.0. The Labute approximate surface area is 149 Å². The second-order valence-corrected chi connectivity index (χ2v) is 7.58. The molecule has 0 aliphatic heterocycles. The molecule has 0 aliphatic carbocycles. The molecule has 3 rings (SSSR count). The molecule has 0 radical (unpaired) electrons. The fourth-order valence-corrected chi connectivity index (χ4v) is 2.98. The van der Waals surface area contributed by atoms with Gasteiger partial charge in [-0.2, -0.15) is 0 Å². The zero-order valence-corrected chi connectivity index (χ0v) is 15.5. The first-order valence-electron chi connectivity index (χ1n) is 8.66. The number of rotatable bonds is 3. The average Bonchev–Trinajstić information content (AvgIpc) is 2.54. The fraction of sp³-hybridized carbons (Fsp3) is 0.318. The number of anilines is 1. The summed E-state index contributed by atoms with van der Waals surface area (Å²) in [5.41, 5.74) is 1.61. The van der Waals surface area contributed by atoms with Gasteiger partial charge in [0.25, 0.3) is 0 Å². The van der Waals surface area contributed by atoms with Crippen molar-refractivity contribution in [2.75, 3.05) is 5.32 Å². The molecule has 130 valence electrons. The van der Waals surface area contributed by atoms with E-state index in [1.165, 1.54) is 10.8 Å². The van der Waals surface area contributed by atoms with Crippen molar-refractivity contribution >= 4 is 33.2 Å². The van der Waals surface area contributed by atoms with E-state index in [2.05, 4.69) is 48.6 Å². The van der Waals surface area contributed by atoms with Gasteiger partial charge in [-0.1, -0.05) is 36.4 Å². The molecule has 3 heteroatoms. The van der Waals surface area contributed by atoms with Crippen LogP contribution in [0.15, 0.2) is 48.5 Å². The lowest BCUT2D eigenvalue weighted by molar-refractivity contribution is -0.155. The molecule has 3 aromatic carbocycles. The summed E-state index contributed by atoms with van der Waals surface area (Å²) in [4.78, 5) is 12.3. The van der Waals surface area contributed by atoms with E-state index in [-0.39, 0.29) is 5.97 Å². The van der Waals surface area contributed by atoms with Gasteiger partial charge in [0.05, 0.1) is 0 Å². The molecule has 0 heterocycles. The van der Waals surface area contributed by atoms with Crippen LogP contribution in [0.3, 0.4) is 0 Å². The molecule has 1 N–H and O–H groups in total. The molecule has 0 bridgehead atoms. The summed E-state index contributed by atoms with van der Waals surface area (Å²) in [5.74, 6) is -0.246. The minimum atomic E-state index is -0.489. The smallest absolute Gasteiger partial charge is 0.328 e. The molecule has 0 saturated carbocycles. The number of esters is 1. The Hall–Kier alpha value is -2.55. The van der Waals surface area contributed by atoms with Crippen LogP contribution in [0.1, 0.15) is 33.3 Å². The monoisotopic (exact) mass is 335 g/mol. The molecule has 1 unspecified atom stereocenters. The maximum Gasteiger partial charge on any atom is 0.328 e. The second kappa shape index (κ2) is 6.40. The van der Waals surface area contributed by atoms with Gasteiger partial charge in [-0.05, 0) is 68.5 Å². The third-order valence-corrected chi connectivity index (χ3v) is 4.22. The first-order valence-corrected chi connectivity index (χ1v) is 8.66. The third kappa shape index (κ3) is 3.76. The number of benzene rings is 3. The Morgan fingerprint density at radius 1 is 1.00 bits per heavy atom. The van der Waals surface area contributed by atoms with Gasteiger partial charge in [0.1, 0.15) is 11.6 Å². The van der Waals surface area contributed by atoms with Gasteiger partial charge in [-0.15, -0.1) is 0 Å². The van der Waals surface area contributed by atoms with Gasteiger partial charge in [0.15, 0.2) is 0 Å². The van der Waals surface area contributed by atoms with Crippen molar-refractivity contribution in [3.63, 3.8) is 0 Å². The summed E-state index contributed by atoms with van der Waals surface area (Å²) < 4.78 is 5.49. The van der Waals surface area contributed by atoms with Gasteiger partial charge in [-0.3, -0.25) is 0 Å². The van der Waals surface area contributed by atoms with Crippen molar-refractivity contribution in [3.8, 4) is 0 Å². The van der Waals surface area contributed by atoms with Gasteiger partial charge < -0.3 is 10.1 Å². The number of nitrogens with one attached hydrogen (secondary N) is 1. The van der Waals surface area contributed by atoms with Crippen LogP contribution in [-0.2, 0) is 9.53 Å². The second-order valence-electron chi connectivity index (χ2n) is 7.58. The summed E-state index contributed by atoms with van der Waals surface area (Å²) in [6.45, 7) is 9.54. The SMILES string of the molecule is Cc1ccc2cc3ccccc3cc2c1NC(C)C(=O)OC(C)(C)C. The molecule has 0 saturated heterocycles. The number of carbonyl (C=O) groups is 1. The van der Waals surface area contributed by atoms with Crippen LogP contribution in [0.5, 0.6) is 0 Å². The lowest BCUT2D eigenvalue weighted by Gasteiger charge is -2.24. The van der Waals surface area contributed by atoms with Crippen LogP contribution in [0, 0.1) is 6.92 Å². The Bertz CT molecular complexity index is 938. The highest BCUT2D eigenvalue weighted by atomic mass is 16.6. The van der Waals surface area contributed by atoms with E-state index in [1.54, 1.807) is 0 Å². The number of ether oxygens (including phenoxy) is 1. The standard InChI is InChI=1S/C22H25NO2/c1-14-10-11-18-12-16-8-6-7-9-17(16)13-19(18)20(14)23-15(2)21(24)25-22(3,4)5/h6-13,15,23H,1-5H3. The zero-order valence-electron chi connectivity index (χ0n) is 15.5. The van der Waals surface area contributed by atoms with Crippen LogP contribution in [0.25, 0.3) is 21.5 Å². The summed E-state index contributed by atoms with van der Waals surface area (Å²) in [6.07, 6.45) is 0. The van der Waals surface area contributed by atoms with Crippen molar-refractivity contribution in [2.45, 2.75) is 46.3 Å². The number of hydrogen-bond acceptors (Lipinski definition) is 3. The minimum Gasteiger partial charge on any atom is -0.458 e. The molecule has 3 aromatic rings. The minimum absolute atomic E-state index is 0.246. The van der Waals surface area contributed by atoms with Gasteiger partial charge in [-0.25, -0.2) is 4.79 Å². The molecular formula is C22H25NO2. The van der Waals surface area contributed by atoms with Gasteiger partial charge >= 0.3 is 5.97 Å². The highest BCUT2D eigenvalue weighted by molar-refractivity contribution is 6.05. The maximum absolute atomic E-state index is 12.3. The van der Waals surface area contributed by atoms with Crippen LogP contribution >= 0.6 is 0 Å². The first kappa shape index (κ1) is 17.3. The number of aryl methyl sites for hydroxylation is 1. The average molecular weight is 335 g/mol. The lowest BCUT2D eigenvalue weighted by Crippen LogP contribution is -2.34. The van der Waals surface area contributed by atoms with Crippen LogP contribution in [0.2, 0.25) is 0 Å². The number of hydrogen-bond donors (Lipinski definition) is 1. The van der Waals surface area contributed by atoms with E-state index >= 15 is 0 Å². The fourth-order valence-electron chi connectivity index (χ4n) is 2.98. The van der Waals surface area contributed by atoms with Crippen LogP contribution < -0.4 is 5.32 Å². The summed E-state index contributed by atoms with van der Waals surface area (Å²) >= 11 is 0. The highest BCUT2D eigenvalue weighted by Gasteiger charge is 2.22. The van der Waals surface area contributed by atoms with Gasteiger partial charge in [0.2, 0.25) is 0 Å². The van der Waals surface area contributed by atoms with Gasteiger partial charge in [0, 0.05) is 11.1 Å². The van der Waals surface area contributed by atoms with E-state index in [4.69, 9.17) is 4.74 Å². The molecule has 3 nitrogen and oxygen atoms in total. The Morgan fingerprint density at radius 2 is 1.64 bits per heavy atom. The molecular weight excluding hydrogens is 310 g/mol. The van der Waals surface area contributed by atoms with Crippen LogP contribution in [-0.4, -0.2) is 17.6 Å². The van der Waals surface area contributed by atoms with Crippen molar-refractivity contribution in [1.82, 2.24) is 0 Å². The van der Waals surface area contributed by atoms with E-state index in [0.29, 0.717) is 0 Å². The molecule has 25 heavy (non-hydrogen) atoms. The summed E-state index contributed by atoms with van der Waals surface area (Å²) in [5, 5.41) is 8.04. The lowest BCUT2D eigenvalue weighted by atomic mass is 9.99. The summed E-state index contributed by atoms with van der Waals surface area (Å²) in [6, 6.07) is 16.5. The topological polar surface area (TPSA) is 38.3 Å². The first-order chi connectivity index (χ1) is 11.7. The van der Waals surface area contributed by atoms with E-state index in [1.807, 2.05) is 39.8 Å². The van der Waals surface area contributed by atoms with E-state index in [9.17, 15) is 4.79 Å². The number of carbonyl (C=O) groups excluding carboxylic acids is 1. The Morgan fingerprint density at radius 3 is 2.28 bits per heavy atom. The van der Waals surface area contributed by atoms with E-state index < -0.39 is 11.6 Å². The molecule has 0 spiro atoms. The molecule has 0 aliphatic rings. The maximum atomic E-state index is 12.3. The quantitative estimate of drug-likeness (QED) is 0.511. The largest absolute Gasteiger partial charge is 0.458 e. The zero-order chi connectivity index (χ0) is 18.2. The van der Waals surface area contributed by atoms with Crippen molar-refractivity contribution in [1.29, 1.82) is 0 Å². The van der Waals surface area contributed by atoms with Crippen molar-refractivity contribution < 1.29 is 9.53 Å². The predicted molar refractivity (Wildman–Crippen MR) is 105 cm³/mol. The van der Waals surface area contributed by atoms with Crippen molar-refractivity contribution in [3.05, 3.63) is 54.1 Å². The molecule has 0 amide bonds. The molecule has 1 atom stereocenters. The summed E-state index contributed by atoms with van der Waals surface area (Å²) in [7, 11) is 0. The predicted octanol–water partition coefficient (Wildman–Crippen LogP) is 5.44. The van der Waals surface area contributed by atoms with Crippen LogP contribution in [0.4, 0.5) is 5.69 Å². The molecule has 0 aromatic heterocycles. The van der Waals surface area contributed by atoms with Crippen molar-refractivity contribution in [2.24, 2.45) is 0 Å². The van der Waals surface area contributed by atoms with E-state index in [0.717, 1.165) is 22.0 Å². The highest BCUT2D eigenvalue weighted by Crippen LogP contribution is 2.31. The molecule has 0 fully saturated rings. The Balaban J connectivity index is 2.01. The third-order valence-electron chi connectivity index (χ3n) is 4.22.